The SMILES string of the molecule is CCCCCCCCCCCCCC(CCCCCCCCCCCC)OC(CCCCCCCCCCCC)CCCCCCCCCCCCC.Cl. The molecule has 0 aliphatic heterocycles. The van der Waals surface area contributed by atoms with Crippen LogP contribution >= 0.6 is 12.4 Å². The molecule has 0 aliphatic carbocycles. The van der Waals surface area contributed by atoms with Gasteiger partial charge in [0, 0.05) is 0 Å². The Hall–Kier alpha value is 0.250. The molecule has 0 bridgehead atoms. The molecule has 0 aromatic carbocycles. The third-order valence-corrected chi connectivity index (χ3v) is 12.4. The lowest BCUT2D eigenvalue weighted by molar-refractivity contribution is -0.0324. The zero-order valence-corrected chi connectivity index (χ0v) is 39.3. The van der Waals surface area contributed by atoms with Crippen LogP contribution in [0.15, 0.2) is 0 Å². The fraction of sp³-hybridized carbons (Fsp3) is 1.00. The second kappa shape index (κ2) is 51.3. The fourth-order valence-corrected chi connectivity index (χ4v) is 8.62. The van der Waals surface area contributed by atoms with Gasteiger partial charge in [0.2, 0.25) is 0 Å². The highest BCUT2D eigenvalue weighted by molar-refractivity contribution is 5.85. The van der Waals surface area contributed by atoms with Crippen molar-refractivity contribution in [3.8, 4) is 0 Å². The largest absolute Gasteiger partial charge is 0.375 e. The summed E-state index contributed by atoms with van der Waals surface area (Å²) < 4.78 is 7.20. The maximum Gasteiger partial charge on any atom is 0.0578 e. The summed E-state index contributed by atoms with van der Waals surface area (Å²) in [6, 6.07) is 0. The zero-order chi connectivity index (χ0) is 38.4. The fourth-order valence-electron chi connectivity index (χ4n) is 8.62. The average molecular weight is 784 g/mol. The van der Waals surface area contributed by atoms with Gasteiger partial charge < -0.3 is 4.74 Å². The van der Waals surface area contributed by atoms with E-state index in [1.54, 1.807) is 0 Å². The van der Waals surface area contributed by atoms with E-state index in [0.29, 0.717) is 12.2 Å². The van der Waals surface area contributed by atoms with E-state index in [2.05, 4.69) is 27.7 Å². The Morgan fingerprint density at radius 1 is 0.204 bits per heavy atom. The van der Waals surface area contributed by atoms with Crippen LogP contribution in [0.5, 0.6) is 0 Å². The molecule has 0 aromatic rings. The molecule has 2 atom stereocenters. The van der Waals surface area contributed by atoms with Crippen LogP contribution in [0.2, 0.25) is 0 Å². The topological polar surface area (TPSA) is 9.23 Å². The molecular formula is C52H107ClO. The van der Waals surface area contributed by atoms with Crippen LogP contribution in [-0.2, 0) is 4.74 Å². The molecule has 2 heteroatoms. The summed E-state index contributed by atoms with van der Waals surface area (Å²) in [5.74, 6) is 0. The van der Waals surface area contributed by atoms with Gasteiger partial charge in [-0.25, -0.2) is 0 Å². The summed E-state index contributed by atoms with van der Waals surface area (Å²) >= 11 is 0. The Balaban J connectivity index is 0. The summed E-state index contributed by atoms with van der Waals surface area (Å²) in [7, 11) is 0. The quantitative estimate of drug-likeness (QED) is 0.0559. The molecule has 2 unspecified atom stereocenters. The van der Waals surface area contributed by atoms with E-state index in [1.165, 1.54) is 295 Å². The first-order valence-corrected chi connectivity index (χ1v) is 25.9. The van der Waals surface area contributed by atoms with Crippen LogP contribution in [0, 0.1) is 0 Å². The minimum Gasteiger partial charge on any atom is -0.375 e. The van der Waals surface area contributed by atoms with Crippen molar-refractivity contribution < 1.29 is 4.74 Å². The number of unbranched alkanes of at least 4 members (excludes halogenated alkanes) is 38. The lowest BCUT2D eigenvalue weighted by Gasteiger charge is -2.26. The van der Waals surface area contributed by atoms with Crippen LogP contribution in [0.4, 0.5) is 0 Å². The van der Waals surface area contributed by atoms with Crippen molar-refractivity contribution in [1.29, 1.82) is 0 Å². The summed E-state index contributed by atoms with van der Waals surface area (Å²) in [5.41, 5.74) is 0. The maximum atomic E-state index is 7.20. The van der Waals surface area contributed by atoms with Crippen molar-refractivity contribution >= 4 is 12.4 Å². The summed E-state index contributed by atoms with van der Waals surface area (Å²) in [4.78, 5) is 0. The van der Waals surface area contributed by atoms with Crippen molar-refractivity contribution in [2.24, 2.45) is 0 Å². The number of halogens is 1. The van der Waals surface area contributed by atoms with Crippen LogP contribution < -0.4 is 0 Å². The Kier molecular flexibility index (Phi) is 53.5. The highest BCUT2D eigenvalue weighted by Gasteiger charge is 2.17. The average Bonchev–Trinajstić information content (AvgIpc) is 3.17. The lowest BCUT2D eigenvalue weighted by atomic mass is 9.99. The van der Waals surface area contributed by atoms with Crippen molar-refractivity contribution in [2.75, 3.05) is 0 Å². The molecule has 0 saturated carbocycles. The normalized spacial score (nSPS) is 12.7. The Morgan fingerprint density at radius 2 is 0.333 bits per heavy atom. The lowest BCUT2D eigenvalue weighted by Crippen LogP contribution is -2.23. The monoisotopic (exact) mass is 783 g/mol. The molecule has 1 nitrogen and oxygen atoms in total. The van der Waals surface area contributed by atoms with E-state index in [1.807, 2.05) is 0 Å². The van der Waals surface area contributed by atoms with Gasteiger partial charge in [-0.2, -0.15) is 0 Å². The van der Waals surface area contributed by atoms with Crippen molar-refractivity contribution in [1.82, 2.24) is 0 Å². The Labute approximate surface area is 351 Å². The molecule has 54 heavy (non-hydrogen) atoms. The predicted molar refractivity (Wildman–Crippen MR) is 251 cm³/mol. The second-order valence-electron chi connectivity index (χ2n) is 18.0. The highest BCUT2D eigenvalue weighted by Crippen LogP contribution is 2.24. The van der Waals surface area contributed by atoms with E-state index in [4.69, 9.17) is 4.74 Å². The Morgan fingerprint density at radius 3 is 0.481 bits per heavy atom. The van der Waals surface area contributed by atoms with Gasteiger partial charge in [-0.3, -0.25) is 0 Å². The molecule has 0 spiro atoms. The molecular weight excluding hydrogens is 676 g/mol. The van der Waals surface area contributed by atoms with Crippen molar-refractivity contribution in [2.45, 2.75) is 335 Å². The van der Waals surface area contributed by atoms with Crippen LogP contribution in [-0.4, -0.2) is 12.2 Å². The van der Waals surface area contributed by atoms with E-state index in [0.717, 1.165) is 0 Å². The molecule has 0 saturated heterocycles. The molecule has 0 aromatic heterocycles. The van der Waals surface area contributed by atoms with E-state index in [9.17, 15) is 0 Å². The molecule has 328 valence electrons. The van der Waals surface area contributed by atoms with Crippen molar-refractivity contribution in [3.63, 3.8) is 0 Å². The molecule has 0 amide bonds. The maximum absolute atomic E-state index is 7.20. The van der Waals surface area contributed by atoms with Gasteiger partial charge in [-0.05, 0) is 25.7 Å². The molecule has 0 radical (unpaired) electrons. The van der Waals surface area contributed by atoms with Crippen LogP contribution in [0.1, 0.15) is 323 Å². The van der Waals surface area contributed by atoms with Gasteiger partial charge in [0.1, 0.15) is 0 Å². The van der Waals surface area contributed by atoms with Gasteiger partial charge >= 0.3 is 0 Å². The van der Waals surface area contributed by atoms with Gasteiger partial charge in [-0.15, -0.1) is 12.4 Å². The number of hydrogen-bond acceptors (Lipinski definition) is 1. The molecule has 0 heterocycles. The van der Waals surface area contributed by atoms with Gasteiger partial charge in [0.15, 0.2) is 0 Å². The van der Waals surface area contributed by atoms with Gasteiger partial charge in [0.05, 0.1) is 12.2 Å². The van der Waals surface area contributed by atoms with E-state index < -0.39 is 0 Å². The first-order chi connectivity index (χ1) is 26.3. The van der Waals surface area contributed by atoms with Gasteiger partial charge in [-0.1, -0.05) is 297 Å². The third-order valence-electron chi connectivity index (χ3n) is 12.4. The summed E-state index contributed by atoms with van der Waals surface area (Å²) in [6.07, 6.45) is 66.7. The van der Waals surface area contributed by atoms with Gasteiger partial charge in [0.25, 0.3) is 0 Å². The number of ether oxygens (including phenoxy) is 1. The third kappa shape index (κ3) is 46.6. The van der Waals surface area contributed by atoms with Crippen molar-refractivity contribution in [3.05, 3.63) is 0 Å². The summed E-state index contributed by atoms with van der Waals surface area (Å²) in [5, 5.41) is 0. The molecule has 0 rings (SSSR count). The highest BCUT2D eigenvalue weighted by atomic mass is 35.5. The zero-order valence-electron chi connectivity index (χ0n) is 38.5. The second-order valence-corrected chi connectivity index (χ2v) is 18.0. The van der Waals surface area contributed by atoms with E-state index in [-0.39, 0.29) is 12.4 Å². The molecule has 0 aliphatic rings. The molecule has 0 fully saturated rings. The number of hydrogen-bond donors (Lipinski definition) is 0. The smallest absolute Gasteiger partial charge is 0.0578 e. The molecule has 0 N–H and O–H groups in total. The van der Waals surface area contributed by atoms with Crippen LogP contribution in [0.25, 0.3) is 0 Å². The van der Waals surface area contributed by atoms with E-state index >= 15 is 0 Å². The summed E-state index contributed by atoms with van der Waals surface area (Å²) in [6.45, 7) is 9.30. The first-order valence-electron chi connectivity index (χ1n) is 25.9. The standard InChI is InChI=1S/C52H106O.ClH/c1-5-9-13-17-21-25-29-33-37-41-45-49-51(47-43-39-35-31-27-23-19-15-11-7-3)53-52(48-44-40-36-32-28-24-20-16-12-8-4)50-46-42-38-34-30-26-22-18-14-10-6-2;/h51-52H,5-50H2,1-4H3;1H. The predicted octanol–water partition coefficient (Wildman–Crippen LogP) is 20.2. The minimum atomic E-state index is 0. The van der Waals surface area contributed by atoms with Crippen LogP contribution in [0.3, 0.4) is 0 Å². The Bertz CT molecular complexity index is 570. The first kappa shape index (κ1) is 56.3. The number of rotatable bonds is 48. The minimum absolute atomic E-state index is 0.